The van der Waals surface area contributed by atoms with Crippen molar-refractivity contribution in [2.75, 3.05) is 33.8 Å². The first-order valence-electron chi connectivity index (χ1n) is 8.71. The van der Waals surface area contributed by atoms with Crippen molar-refractivity contribution in [3.8, 4) is 5.75 Å². The SMILES string of the molecule is CN=C(NCC(C)Oc1cccc(C)c1)N1CC(C)C(C(=O)OC)C1. The quantitative estimate of drug-likeness (QED) is 0.502. The van der Waals surface area contributed by atoms with Gasteiger partial charge in [-0.15, -0.1) is 0 Å². The summed E-state index contributed by atoms with van der Waals surface area (Å²) >= 11 is 0. The molecule has 1 saturated heterocycles. The van der Waals surface area contributed by atoms with E-state index in [1.54, 1.807) is 7.05 Å². The molecule has 0 radical (unpaired) electrons. The molecule has 0 bridgehead atoms. The fourth-order valence-corrected chi connectivity index (χ4v) is 3.13. The number of hydrogen-bond donors (Lipinski definition) is 1. The number of aryl methyl sites for hydroxylation is 1. The van der Waals surface area contributed by atoms with Gasteiger partial charge < -0.3 is 19.7 Å². The summed E-state index contributed by atoms with van der Waals surface area (Å²) in [5, 5.41) is 3.34. The average molecular weight is 347 g/mol. The number of guanidine groups is 1. The van der Waals surface area contributed by atoms with Crippen LogP contribution < -0.4 is 10.1 Å². The van der Waals surface area contributed by atoms with Crippen molar-refractivity contribution in [3.63, 3.8) is 0 Å². The number of esters is 1. The number of carbonyl (C=O) groups is 1. The summed E-state index contributed by atoms with van der Waals surface area (Å²) < 4.78 is 10.8. The van der Waals surface area contributed by atoms with Gasteiger partial charge in [0.05, 0.1) is 19.6 Å². The fourth-order valence-electron chi connectivity index (χ4n) is 3.13. The number of hydrogen-bond acceptors (Lipinski definition) is 4. The smallest absolute Gasteiger partial charge is 0.310 e. The Bertz CT molecular complexity index is 618. The minimum absolute atomic E-state index is 0.00465. The molecule has 1 N–H and O–H groups in total. The van der Waals surface area contributed by atoms with Gasteiger partial charge in [-0.3, -0.25) is 9.79 Å². The van der Waals surface area contributed by atoms with Gasteiger partial charge >= 0.3 is 5.97 Å². The van der Waals surface area contributed by atoms with E-state index < -0.39 is 0 Å². The van der Waals surface area contributed by atoms with Crippen molar-refractivity contribution in [2.45, 2.75) is 26.9 Å². The van der Waals surface area contributed by atoms with Crippen LogP contribution in [0.15, 0.2) is 29.3 Å². The number of ether oxygens (including phenoxy) is 2. The van der Waals surface area contributed by atoms with Crippen LogP contribution in [-0.2, 0) is 9.53 Å². The molecule has 0 saturated carbocycles. The molecule has 0 amide bonds. The lowest BCUT2D eigenvalue weighted by atomic mass is 9.99. The first-order valence-corrected chi connectivity index (χ1v) is 8.71. The van der Waals surface area contributed by atoms with E-state index in [1.807, 2.05) is 38.1 Å². The standard InChI is InChI=1S/C19H29N3O3/c1-13-7-6-8-16(9-13)25-15(3)10-21-19(20-4)22-11-14(2)17(12-22)18(23)24-5/h6-9,14-15,17H,10-12H2,1-5H3,(H,20,21). The molecule has 6 heteroatoms. The van der Waals surface area contributed by atoms with Gasteiger partial charge in [-0.05, 0) is 37.5 Å². The molecule has 0 aliphatic carbocycles. The van der Waals surface area contributed by atoms with E-state index in [4.69, 9.17) is 9.47 Å². The lowest BCUT2D eigenvalue weighted by Crippen LogP contribution is -2.44. The van der Waals surface area contributed by atoms with Gasteiger partial charge in [0, 0.05) is 20.1 Å². The summed E-state index contributed by atoms with van der Waals surface area (Å²) in [7, 11) is 3.19. The first-order chi connectivity index (χ1) is 11.9. The lowest BCUT2D eigenvalue weighted by Gasteiger charge is -2.23. The number of carbonyl (C=O) groups excluding carboxylic acids is 1. The van der Waals surface area contributed by atoms with Crippen LogP contribution in [-0.4, -0.2) is 56.7 Å². The summed E-state index contributed by atoms with van der Waals surface area (Å²) in [5.41, 5.74) is 1.17. The maximum Gasteiger partial charge on any atom is 0.310 e. The summed E-state index contributed by atoms with van der Waals surface area (Å²) in [5.74, 6) is 1.64. The molecule has 1 aliphatic rings. The minimum atomic E-state index is -0.151. The monoisotopic (exact) mass is 347 g/mol. The molecule has 0 spiro atoms. The van der Waals surface area contributed by atoms with E-state index in [0.717, 1.165) is 18.3 Å². The van der Waals surface area contributed by atoms with Gasteiger partial charge in [0.15, 0.2) is 5.96 Å². The van der Waals surface area contributed by atoms with Crippen LogP contribution in [0.3, 0.4) is 0 Å². The van der Waals surface area contributed by atoms with Gasteiger partial charge in [0.1, 0.15) is 11.9 Å². The van der Waals surface area contributed by atoms with Gasteiger partial charge in [0.25, 0.3) is 0 Å². The molecule has 1 aliphatic heterocycles. The second-order valence-electron chi connectivity index (χ2n) is 6.69. The number of methoxy groups -OCH3 is 1. The van der Waals surface area contributed by atoms with Crippen molar-refractivity contribution in [1.82, 2.24) is 10.2 Å². The molecule has 6 nitrogen and oxygen atoms in total. The minimum Gasteiger partial charge on any atom is -0.489 e. The Morgan fingerprint density at radius 2 is 2.20 bits per heavy atom. The number of likely N-dealkylation sites (tertiary alicyclic amines) is 1. The summed E-state index contributed by atoms with van der Waals surface area (Å²) in [6.07, 6.45) is -0.00465. The van der Waals surface area contributed by atoms with Crippen molar-refractivity contribution in [3.05, 3.63) is 29.8 Å². The molecule has 1 aromatic rings. The molecule has 2 rings (SSSR count). The Kier molecular flexibility index (Phi) is 6.67. The molecule has 1 fully saturated rings. The van der Waals surface area contributed by atoms with Crippen LogP contribution in [0.2, 0.25) is 0 Å². The van der Waals surface area contributed by atoms with Crippen molar-refractivity contribution < 1.29 is 14.3 Å². The molecule has 138 valence electrons. The number of nitrogens with one attached hydrogen (secondary N) is 1. The highest BCUT2D eigenvalue weighted by Crippen LogP contribution is 2.24. The van der Waals surface area contributed by atoms with E-state index in [2.05, 4.69) is 22.1 Å². The zero-order valence-corrected chi connectivity index (χ0v) is 15.8. The lowest BCUT2D eigenvalue weighted by molar-refractivity contribution is -0.145. The van der Waals surface area contributed by atoms with Gasteiger partial charge in [-0.25, -0.2) is 0 Å². The Morgan fingerprint density at radius 3 is 2.84 bits per heavy atom. The normalized spacial score (nSPS) is 21.8. The zero-order valence-electron chi connectivity index (χ0n) is 15.8. The predicted octanol–water partition coefficient (Wildman–Crippen LogP) is 2.08. The second kappa shape index (κ2) is 8.74. The van der Waals surface area contributed by atoms with Crippen LogP contribution in [0.25, 0.3) is 0 Å². The fraction of sp³-hybridized carbons (Fsp3) is 0.579. The summed E-state index contributed by atoms with van der Waals surface area (Å²) in [4.78, 5) is 18.3. The van der Waals surface area contributed by atoms with Gasteiger partial charge in [0.2, 0.25) is 0 Å². The highest BCUT2D eigenvalue weighted by Gasteiger charge is 2.36. The Balaban J connectivity index is 1.87. The van der Waals surface area contributed by atoms with E-state index in [-0.39, 0.29) is 23.9 Å². The number of aliphatic imine (C=N–C) groups is 1. The van der Waals surface area contributed by atoms with Crippen LogP contribution in [0.4, 0.5) is 0 Å². The molecule has 1 heterocycles. The summed E-state index contributed by atoms with van der Waals surface area (Å²) in [6, 6.07) is 8.02. The van der Waals surface area contributed by atoms with Crippen molar-refractivity contribution >= 4 is 11.9 Å². The van der Waals surface area contributed by atoms with E-state index in [9.17, 15) is 4.79 Å². The number of rotatable bonds is 5. The molecular weight excluding hydrogens is 318 g/mol. The van der Waals surface area contributed by atoms with E-state index in [1.165, 1.54) is 12.7 Å². The van der Waals surface area contributed by atoms with Crippen LogP contribution in [0.1, 0.15) is 19.4 Å². The Labute approximate surface area is 150 Å². The topological polar surface area (TPSA) is 63.2 Å². The maximum atomic E-state index is 11.8. The van der Waals surface area contributed by atoms with Crippen molar-refractivity contribution in [2.24, 2.45) is 16.8 Å². The van der Waals surface area contributed by atoms with Gasteiger partial charge in [-0.1, -0.05) is 19.1 Å². The average Bonchev–Trinajstić information content (AvgIpc) is 2.96. The second-order valence-corrected chi connectivity index (χ2v) is 6.69. The van der Waals surface area contributed by atoms with Crippen LogP contribution in [0.5, 0.6) is 5.75 Å². The first kappa shape index (κ1) is 19.1. The molecule has 3 atom stereocenters. The molecule has 25 heavy (non-hydrogen) atoms. The molecule has 3 unspecified atom stereocenters. The van der Waals surface area contributed by atoms with E-state index >= 15 is 0 Å². The maximum absolute atomic E-state index is 11.8. The molecular formula is C19H29N3O3. The molecule has 0 aromatic heterocycles. The van der Waals surface area contributed by atoms with Crippen LogP contribution >= 0.6 is 0 Å². The third kappa shape index (κ3) is 5.11. The molecule has 1 aromatic carbocycles. The number of nitrogens with zero attached hydrogens (tertiary/aromatic N) is 2. The number of benzene rings is 1. The highest BCUT2D eigenvalue weighted by atomic mass is 16.5. The van der Waals surface area contributed by atoms with Gasteiger partial charge in [-0.2, -0.15) is 0 Å². The third-order valence-corrected chi connectivity index (χ3v) is 4.50. The van der Waals surface area contributed by atoms with E-state index in [0.29, 0.717) is 13.1 Å². The van der Waals surface area contributed by atoms with Crippen molar-refractivity contribution in [1.29, 1.82) is 0 Å². The third-order valence-electron chi connectivity index (χ3n) is 4.50. The highest BCUT2D eigenvalue weighted by molar-refractivity contribution is 5.82. The summed E-state index contributed by atoms with van der Waals surface area (Å²) in [6.45, 7) is 8.18. The van der Waals surface area contributed by atoms with Crippen LogP contribution in [0, 0.1) is 18.8 Å². The largest absolute Gasteiger partial charge is 0.489 e. The Hall–Kier alpha value is -2.24. The predicted molar refractivity (Wildman–Crippen MR) is 98.9 cm³/mol. The Morgan fingerprint density at radius 1 is 1.44 bits per heavy atom. The zero-order chi connectivity index (χ0) is 18.4.